The van der Waals surface area contributed by atoms with Crippen LogP contribution in [-0.2, 0) is 4.79 Å². The Labute approximate surface area is 134 Å². The Hall–Kier alpha value is -2.28. The minimum absolute atomic E-state index is 0.0236. The number of carbonyl (C=O) groups is 1. The summed E-state index contributed by atoms with van der Waals surface area (Å²) in [5.74, 6) is 1.22. The van der Waals surface area contributed by atoms with E-state index in [1.807, 2.05) is 28.9 Å². The molecule has 1 saturated carbocycles. The summed E-state index contributed by atoms with van der Waals surface area (Å²) in [7, 11) is 0. The van der Waals surface area contributed by atoms with Gasteiger partial charge in [-0.2, -0.15) is 0 Å². The summed E-state index contributed by atoms with van der Waals surface area (Å²) in [5.41, 5.74) is 1.72. The van der Waals surface area contributed by atoms with Gasteiger partial charge in [-0.05, 0) is 47.9 Å². The van der Waals surface area contributed by atoms with Gasteiger partial charge in [-0.25, -0.2) is 4.68 Å². The number of amides is 1. The van der Waals surface area contributed by atoms with Gasteiger partial charge in [-0.1, -0.05) is 19.1 Å². The molecule has 0 radical (unpaired) electrons. The number of benzene rings is 1. The lowest BCUT2D eigenvalue weighted by Crippen LogP contribution is -2.27. The van der Waals surface area contributed by atoms with E-state index in [0.717, 1.165) is 43.0 Å². The number of carbonyl (C=O) groups excluding carboxylic acids is 1. The van der Waals surface area contributed by atoms with Gasteiger partial charge in [-0.3, -0.25) is 4.79 Å². The van der Waals surface area contributed by atoms with Crippen molar-refractivity contribution in [1.29, 1.82) is 0 Å². The van der Waals surface area contributed by atoms with Crippen LogP contribution in [0.5, 0.6) is 0 Å². The van der Waals surface area contributed by atoms with Crippen molar-refractivity contribution < 1.29 is 4.79 Å². The molecule has 1 aromatic heterocycles. The first-order chi connectivity index (χ1) is 11.2. The summed E-state index contributed by atoms with van der Waals surface area (Å²) in [6, 6.07) is 8.16. The molecule has 1 aromatic carbocycles. The molecule has 0 bridgehead atoms. The molecule has 2 heterocycles. The number of anilines is 1. The molecule has 0 unspecified atom stereocenters. The van der Waals surface area contributed by atoms with Gasteiger partial charge in [0.25, 0.3) is 0 Å². The highest BCUT2D eigenvalue weighted by molar-refractivity contribution is 5.93. The maximum absolute atomic E-state index is 12.4. The number of nitrogens with zero attached hydrogens (tertiary/aromatic N) is 4. The highest BCUT2D eigenvalue weighted by Gasteiger charge is 2.30. The van der Waals surface area contributed by atoms with E-state index in [1.165, 1.54) is 0 Å². The predicted octanol–water partition coefficient (Wildman–Crippen LogP) is 1.47. The average Bonchev–Trinajstić information content (AvgIpc) is 3.11. The lowest BCUT2D eigenvalue weighted by atomic mass is 9.97. The largest absolute Gasteiger partial charge is 0.326 e. The Balaban J connectivity index is 1.54. The van der Waals surface area contributed by atoms with Crippen molar-refractivity contribution in [2.45, 2.75) is 25.8 Å². The number of tetrazole rings is 1. The van der Waals surface area contributed by atoms with Crippen LogP contribution < -0.4 is 10.6 Å². The molecule has 7 heteroatoms. The number of hydrogen-bond acceptors (Lipinski definition) is 5. The molecule has 4 rings (SSSR count). The first-order valence-electron chi connectivity index (χ1n) is 8.12. The molecule has 2 aromatic rings. The number of hydrogen-bond donors (Lipinski definition) is 2. The quantitative estimate of drug-likeness (QED) is 0.893. The summed E-state index contributed by atoms with van der Waals surface area (Å²) < 4.78 is 1.88. The van der Waals surface area contributed by atoms with E-state index >= 15 is 0 Å². The van der Waals surface area contributed by atoms with Gasteiger partial charge in [0.1, 0.15) is 0 Å². The minimum atomic E-state index is 0.0236. The van der Waals surface area contributed by atoms with Crippen molar-refractivity contribution in [1.82, 2.24) is 25.5 Å². The molecule has 1 aliphatic carbocycles. The van der Waals surface area contributed by atoms with Gasteiger partial charge in [0.2, 0.25) is 5.91 Å². The third-order valence-corrected chi connectivity index (χ3v) is 4.63. The summed E-state index contributed by atoms with van der Waals surface area (Å²) in [5, 5.41) is 18.3. The summed E-state index contributed by atoms with van der Waals surface area (Å²) in [6.07, 6.45) is 2.25. The molecule has 120 valence electrons. The first-order valence-corrected chi connectivity index (χ1v) is 8.12. The van der Waals surface area contributed by atoms with E-state index < -0.39 is 0 Å². The van der Waals surface area contributed by atoms with Crippen molar-refractivity contribution in [3.63, 3.8) is 0 Å². The van der Waals surface area contributed by atoms with Gasteiger partial charge in [0, 0.05) is 17.8 Å². The van der Waals surface area contributed by atoms with Crippen molar-refractivity contribution in [3.05, 3.63) is 24.3 Å². The zero-order valence-electron chi connectivity index (χ0n) is 13.1. The van der Waals surface area contributed by atoms with Gasteiger partial charge < -0.3 is 10.6 Å². The fourth-order valence-electron chi connectivity index (χ4n) is 3.08. The highest BCUT2D eigenvalue weighted by Crippen LogP contribution is 2.36. The van der Waals surface area contributed by atoms with Crippen molar-refractivity contribution in [2.75, 3.05) is 18.4 Å². The fraction of sp³-hybridized carbons (Fsp3) is 0.500. The zero-order chi connectivity index (χ0) is 15.8. The Bertz CT molecular complexity index is 723. The summed E-state index contributed by atoms with van der Waals surface area (Å²) in [6.45, 7) is 3.74. The van der Waals surface area contributed by atoms with Gasteiger partial charge in [0.05, 0.1) is 12.0 Å². The Kier molecular flexibility index (Phi) is 3.57. The second-order valence-electron chi connectivity index (χ2n) is 6.49. The van der Waals surface area contributed by atoms with Crippen LogP contribution in [0.15, 0.2) is 24.3 Å². The number of rotatable bonds is 4. The Morgan fingerprint density at radius 1 is 1.35 bits per heavy atom. The predicted molar refractivity (Wildman–Crippen MR) is 85.7 cm³/mol. The van der Waals surface area contributed by atoms with E-state index in [1.54, 1.807) is 0 Å². The maximum Gasteiger partial charge on any atom is 0.229 e. The third-order valence-electron chi connectivity index (χ3n) is 4.63. The number of aromatic nitrogens is 4. The van der Waals surface area contributed by atoms with Crippen molar-refractivity contribution in [3.8, 4) is 11.4 Å². The SMILES string of the molecule is C[C@@H]1CNC[C@H]1C(=O)Nc1cccc(-c2nnnn2C2CC2)c1. The lowest BCUT2D eigenvalue weighted by molar-refractivity contribution is -0.120. The molecule has 2 atom stereocenters. The van der Waals surface area contributed by atoms with Crippen molar-refractivity contribution >= 4 is 11.6 Å². The first kappa shape index (κ1) is 14.3. The molecule has 2 fully saturated rings. The maximum atomic E-state index is 12.4. The second-order valence-corrected chi connectivity index (χ2v) is 6.49. The standard InChI is InChI=1S/C16H20N6O/c1-10-8-17-9-14(10)16(23)18-12-4-2-3-11(7-12)15-19-20-21-22(15)13-5-6-13/h2-4,7,10,13-14,17H,5-6,8-9H2,1H3,(H,18,23)/t10-,14-/m1/s1. The molecule has 23 heavy (non-hydrogen) atoms. The molecule has 1 amide bonds. The van der Waals surface area contributed by atoms with Crippen LogP contribution in [0.4, 0.5) is 5.69 Å². The molecular weight excluding hydrogens is 292 g/mol. The van der Waals surface area contributed by atoms with Crippen LogP contribution in [0.3, 0.4) is 0 Å². The van der Waals surface area contributed by atoms with Gasteiger partial charge in [-0.15, -0.1) is 5.10 Å². The topological polar surface area (TPSA) is 84.7 Å². The van der Waals surface area contributed by atoms with Gasteiger partial charge in [0.15, 0.2) is 5.82 Å². The second kappa shape index (κ2) is 5.73. The van der Waals surface area contributed by atoms with E-state index in [-0.39, 0.29) is 11.8 Å². The van der Waals surface area contributed by atoms with E-state index in [4.69, 9.17) is 0 Å². The van der Waals surface area contributed by atoms with Crippen LogP contribution in [0.2, 0.25) is 0 Å². The van der Waals surface area contributed by atoms with Gasteiger partial charge >= 0.3 is 0 Å². The molecule has 2 aliphatic rings. The number of nitrogens with one attached hydrogen (secondary N) is 2. The van der Waals surface area contributed by atoms with Crippen LogP contribution in [0.1, 0.15) is 25.8 Å². The fourth-order valence-corrected chi connectivity index (χ4v) is 3.08. The van der Waals surface area contributed by atoms with Crippen LogP contribution in [-0.4, -0.2) is 39.2 Å². The van der Waals surface area contributed by atoms with E-state index in [0.29, 0.717) is 12.0 Å². The monoisotopic (exact) mass is 312 g/mol. The normalized spacial score (nSPS) is 23.9. The molecule has 1 aliphatic heterocycles. The minimum Gasteiger partial charge on any atom is -0.326 e. The molecule has 0 spiro atoms. The summed E-state index contributed by atoms with van der Waals surface area (Å²) in [4.78, 5) is 12.4. The molecule has 2 N–H and O–H groups in total. The molecule has 7 nitrogen and oxygen atoms in total. The Morgan fingerprint density at radius 2 is 2.22 bits per heavy atom. The zero-order valence-corrected chi connectivity index (χ0v) is 13.1. The highest BCUT2D eigenvalue weighted by atomic mass is 16.1. The van der Waals surface area contributed by atoms with Crippen LogP contribution in [0, 0.1) is 11.8 Å². The Morgan fingerprint density at radius 3 is 2.96 bits per heavy atom. The van der Waals surface area contributed by atoms with E-state index in [9.17, 15) is 4.79 Å². The average molecular weight is 312 g/mol. The third kappa shape index (κ3) is 2.84. The summed E-state index contributed by atoms with van der Waals surface area (Å²) >= 11 is 0. The molecule has 1 saturated heterocycles. The van der Waals surface area contributed by atoms with Crippen molar-refractivity contribution in [2.24, 2.45) is 11.8 Å². The smallest absolute Gasteiger partial charge is 0.229 e. The van der Waals surface area contributed by atoms with Crippen LogP contribution in [0.25, 0.3) is 11.4 Å². The van der Waals surface area contributed by atoms with Crippen LogP contribution >= 0.6 is 0 Å². The van der Waals surface area contributed by atoms with E-state index in [2.05, 4.69) is 33.1 Å². The lowest BCUT2D eigenvalue weighted by Gasteiger charge is -2.14. The molecular formula is C16H20N6O.